The van der Waals surface area contributed by atoms with Crippen LogP contribution in [0.2, 0.25) is 0 Å². The number of hydrogen-bond donors (Lipinski definition) is 4. The van der Waals surface area contributed by atoms with Gasteiger partial charge in [-0.15, -0.1) is 43.9 Å². The zero-order valence-electron chi connectivity index (χ0n) is 37.8. The van der Waals surface area contributed by atoms with Crippen molar-refractivity contribution < 1.29 is 33.8 Å². The van der Waals surface area contributed by atoms with Crippen molar-refractivity contribution in [2.24, 2.45) is 14.1 Å². The van der Waals surface area contributed by atoms with E-state index >= 15 is 0 Å². The summed E-state index contributed by atoms with van der Waals surface area (Å²) in [5.41, 5.74) is 0.491. The van der Waals surface area contributed by atoms with Crippen molar-refractivity contribution in [2.45, 2.75) is 48.4 Å². The third kappa shape index (κ3) is 15.4. The van der Waals surface area contributed by atoms with Crippen LogP contribution in [0.3, 0.4) is 0 Å². The second-order valence-electron chi connectivity index (χ2n) is 13.7. The number of nitrogens with one attached hydrogen (secondary N) is 3. The molecule has 8 rings (SSSR count). The molecule has 0 fully saturated rings. The van der Waals surface area contributed by atoms with Gasteiger partial charge in [0.05, 0.1) is 46.5 Å². The lowest BCUT2D eigenvalue weighted by Crippen LogP contribution is -2.19. The third-order valence-corrected chi connectivity index (χ3v) is 17.1. The first-order valence-electron chi connectivity index (χ1n) is 20.3. The van der Waals surface area contributed by atoms with Crippen LogP contribution in [0.1, 0.15) is 21.0 Å². The minimum atomic E-state index is -0.921. The molecule has 71 heavy (non-hydrogen) atoms. The molecule has 0 aliphatic rings. The van der Waals surface area contributed by atoms with E-state index in [1.807, 2.05) is 86.9 Å². The predicted octanol–water partition coefficient (Wildman–Crippen LogP) is 8.47. The molecule has 0 aliphatic heterocycles. The van der Waals surface area contributed by atoms with E-state index in [2.05, 4.69) is 56.3 Å². The predicted molar refractivity (Wildman–Crippen MR) is 276 cm³/mol. The molecule has 0 saturated heterocycles. The Morgan fingerprint density at radius 2 is 1.06 bits per heavy atom. The Bertz CT molecular complexity index is 3110. The lowest BCUT2D eigenvalue weighted by Gasteiger charge is -2.10. The highest BCUT2D eigenvalue weighted by Crippen LogP contribution is 2.37. The van der Waals surface area contributed by atoms with Crippen molar-refractivity contribution >= 4 is 127 Å². The molecule has 366 valence electrons. The smallest absolute Gasteiger partial charge is 0.313 e. The second-order valence-corrected chi connectivity index (χ2v) is 22.5. The quantitative estimate of drug-likeness (QED) is 0.0522. The lowest BCUT2D eigenvalue weighted by atomic mass is 10.3. The van der Waals surface area contributed by atoms with Gasteiger partial charge >= 0.3 is 5.97 Å². The Balaban J connectivity index is 0.000000209. The fourth-order valence-corrected chi connectivity index (χ4v) is 11.9. The zero-order chi connectivity index (χ0) is 50.3. The largest absolute Gasteiger partial charge is 0.497 e. The molecule has 0 spiro atoms. The minimum Gasteiger partial charge on any atom is -0.497 e. The number of aliphatic carboxylic acids is 1. The molecule has 20 nitrogen and oxygen atoms in total. The van der Waals surface area contributed by atoms with Crippen LogP contribution in [0.25, 0.3) is 0 Å². The van der Waals surface area contributed by atoms with Gasteiger partial charge in [0, 0.05) is 40.7 Å². The molecule has 3 amide bonds. The summed E-state index contributed by atoms with van der Waals surface area (Å²) in [6.45, 7) is 0. The number of thioether (sulfide) groups is 2. The fourth-order valence-electron chi connectivity index (χ4n) is 5.34. The number of nitrogens with zero attached hydrogens (tertiary/aromatic N) is 10. The van der Waals surface area contributed by atoms with Crippen molar-refractivity contribution in [3.63, 3.8) is 0 Å². The Kier molecular flexibility index (Phi) is 19.2. The first-order valence-corrected chi connectivity index (χ1v) is 27.1. The van der Waals surface area contributed by atoms with Crippen molar-refractivity contribution in [3.05, 3.63) is 109 Å². The van der Waals surface area contributed by atoms with E-state index in [-0.39, 0.29) is 34.7 Å². The summed E-state index contributed by atoms with van der Waals surface area (Å²) in [7, 11) is 8.47. The summed E-state index contributed by atoms with van der Waals surface area (Å²) in [4.78, 5) is 69.7. The first-order chi connectivity index (χ1) is 34.4. The summed E-state index contributed by atoms with van der Waals surface area (Å²) in [5.74, 6) is -0.134. The topological polar surface area (TPSA) is 256 Å². The molecule has 4 N–H and O–H groups in total. The molecule has 0 atom stereocenters. The Hall–Kier alpha value is -6.14. The van der Waals surface area contributed by atoms with Crippen molar-refractivity contribution in [1.29, 1.82) is 0 Å². The van der Waals surface area contributed by atoms with E-state index in [9.17, 15) is 19.2 Å². The van der Waals surface area contributed by atoms with Crippen LogP contribution >= 0.6 is 93.2 Å². The molecule has 6 aromatic heterocycles. The maximum absolute atomic E-state index is 13.3. The highest BCUT2D eigenvalue weighted by molar-refractivity contribution is 8.02. The maximum Gasteiger partial charge on any atom is 0.313 e. The number of aromatic nitrogens is 10. The van der Waals surface area contributed by atoms with E-state index in [4.69, 9.17) is 14.6 Å². The molecule has 0 radical (unpaired) electrons. The summed E-state index contributed by atoms with van der Waals surface area (Å²) in [5, 5.41) is 36.2. The van der Waals surface area contributed by atoms with E-state index in [0.29, 0.717) is 44.6 Å². The van der Waals surface area contributed by atoms with Crippen LogP contribution in [0.5, 0.6) is 11.5 Å². The van der Waals surface area contributed by atoms with Gasteiger partial charge in [-0.25, -0.2) is 19.9 Å². The molecule has 0 saturated carbocycles. The zero-order valence-corrected chi connectivity index (χ0v) is 44.3. The number of amides is 3. The molecule has 0 bridgehead atoms. The fraction of sp³-hybridized carbons (Fsp3) is 0.163. The number of aryl methyl sites for hydroxylation is 2. The van der Waals surface area contributed by atoms with Crippen LogP contribution in [0.15, 0.2) is 146 Å². The van der Waals surface area contributed by atoms with Gasteiger partial charge in [0.15, 0.2) is 20.6 Å². The number of benzene rings is 2. The van der Waals surface area contributed by atoms with Crippen LogP contribution in [0.4, 0.5) is 10.3 Å². The average Bonchev–Trinajstić information content (AvgIpc) is 4.21. The highest BCUT2D eigenvalue weighted by atomic mass is 32.2. The van der Waals surface area contributed by atoms with Crippen molar-refractivity contribution in [1.82, 2.24) is 54.8 Å². The number of pyridine rings is 2. The Labute approximate surface area is 439 Å². The molecule has 2 aromatic carbocycles. The van der Waals surface area contributed by atoms with Gasteiger partial charge in [-0.1, -0.05) is 46.2 Å². The number of anilines is 2. The SMILES string of the molecule is CNC(=O)CSc1cnc(NC(=O)c2nc(Sc3nncn3C)ccc2Sc2ccc(OC)cc2)s1.COc1ccc(Sc2ccc(Sc3nncn3C)nc2C(=O)Nc2ncc(SCC(=O)O)s2)cc1. The second kappa shape index (κ2) is 25.8. The molecular weight excluding hydrogens is 1070 g/mol. The molecule has 0 aliphatic carbocycles. The summed E-state index contributed by atoms with van der Waals surface area (Å²) in [6, 6.07) is 22.4. The van der Waals surface area contributed by atoms with E-state index in [0.717, 1.165) is 37.3 Å². The number of carboxylic acid groups (broad SMARTS) is 1. The Morgan fingerprint density at radius 3 is 1.44 bits per heavy atom. The number of carbonyl (C=O) groups is 4. The van der Waals surface area contributed by atoms with Gasteiger partial charge in [-0.3, -0.25) is 29.8 Å². The Morgan fingerprint density at radius 1 is 0.620 bits per heavy atom. The summed E-state index contributed by atoms with van der Waals surface area (Å²) >= 11 is 10.4. The normalized spacial score (nSPS) is 10.8. The van der Waals surface area contributed by atoms with Gasteiger partial charge in [0.1, 0.15) is 45.6 Å². The maximum atomic E-state index is 13.3. The van der Waals surface area contributed by atoms with E-state index in [1.165, 1.54) is 87.7 Å². The van der Waals surface area contributed by atoms with Crippen LogP contribution in [-0.4, -0.2) is 111 Å². The molecule has 0 unspecified atom stereocenters. The van der Waals surface area contributed by atoms with Crippen LogP contribution in [0, 0.1) is 0 Å². The molecule has 6 heterocycles. The molecule has 8 aromatic rings. The minimum absolute atomic E-state index is 0.0822. The standard InChI is InChI=1S/C22H21N7O3S4.C21H18N6O4S4/c1-23-16(30)11-33-18-10-24-21(36-18)27-20(31)19-15(34-14-6-4-13(32-3)5-7-14)8-9-17(26-19)35-22-28-25-12-29(22)2;1-27-11-23-26-21(27)34-15-8-7-14(33-13-5-3-12(31-2)4-6-13)18(24-15)19(30)25-20-22-9-17(35-20)32-10-16(28)29/h4-10,12H,11H2,1-3H3,(H,23,30)(H,24,27,31);3-9,11H,10H2,1-2H3,(H,28,29)(H,22,25,30). The van der Waals surface area contributed by atoms with E-state index < -0.39 is 11.9 Å². The third-order valence-electron chi connectivity index (χ3n) is 8.77. The number of carbonyl (C=O) groups excluding carboxylic acids is 3. The van der Waals surface area contributed by atoms with Gasteiger partial charge in [-0.2, -0.15) is 0 Å². The lowest BCUT2D eigenvalue weighted by molar-refractivity contribution is -0.134. The molecule has 28 heteroatoms. The van der Waals surface area contributed by atoms with E-state index in [1.54, 1.807) is 49.3 Å². The first kappa shape index (κ1) is 52.7. The molecular formula is C43H39N13O7S8. The number of methoxy groups -OCH3 is 2. The van der Waals surface area contributed by atoms with Crippen LogP contribution < -0.4 is 25.4 Å². The number of carboxylic acids is 1. The number of thiazole rings is 2. The van der Waals surface area contributed by atoms with Gasteiger partial charge < -0.3 is 29.0 Å². The summed E-state index contributed by atoms with van der Waals surface area (Å²) in [6.07, 6.45) is 6.36. The van der Waals surface area contributed by atoms with Crippen LogP contribution in [-0.2, 0) is 23.7 Å². The summed E-state index contributed by atoms with van der Waals surface area (Å²) < 4.78 is 15.5. The van der Waals surface area contributed by atoms with Gasteiger partial charge in [0.25, 0.3) is 11.8 Å². The van der Waals surface area contributed by atoms with Gasteiger partial charge in [0.2, 0.25) is 5.91 Å². The monoisotopic (exact) mass is 1110 g/mol. The average molecular weight is 1110 g/mol. The van der Waals surface area contributed by atoms with Crippen molar-refractivity contribution in [3.8, 4) is 11.5 Å². The number of rotatable bonds is 20. The number of ether oxygens (including phenoxy) is 2. The van der Waals surface area contributed by atoms with Crippen molar-refractivity contribution in [2.75, 3.05) is 43.4 Å². The highest BCUT2D eigenvalue weighted by Gasteiger charge is 2.21. The van der Waals surface area contributed by atoms with Gasteiger partial charge in [-0.05, 0) is 96.3 Å². The number of hydrogen-bond acceptors (Lipinski definition) is 22.